The minimum atomic E-state index is -4.45. The first-order chi connectivity index (χ1) is 20.2. The number of allylic oxidation sites excluding steroid dienone is 2. The van der Waals surface area contributed by atoms with Gasteiger partial charge in [-0.3, -0.25) is 9.59 Å². The summed E-state index contributed by atoms with van der Waals surface area (Å²) in [6, 6.07) is 13.7. The van der Waals surface area contributed by atoms with Crippen molar-refractivity contribution in [3.05, 3.63) is 101 Å². The highest BCUT2D eigenvalue weighted by molar-refractivity contribution is 6.03. The Morgan fingerprint density at radius 3 is 2.38 bits per heavy atom. The molecule has 2 amide bonds. The Hall–Kier alpha value is -4.44. The van der Waals surface area contributed by atoms with E-state index in [0.29, 0.717) is 33.6 Å². The molecule has 7 nitrogen and oxygen atoms in total. The van der Waals surface area contributed by atoms with Crippen molar-refractivity contribution in [3.63, 3.8) is 0 Å². The summed E-state index contributed by atoms with van der Waals surface area (Å²) in [5.41, 5.74) is 2.69. The van der Waals surface area contributed by atoms with Crippen molar-refractivity contribution in [3.8, 4) is 0 Å². The summed E-state index contributed by atoms with van der Waals surface area (Å²) in [7, 11) is 0. The minimum absolute atomic E-state index is 0.0692. The molecule has 2 aromatic carbocycles. The fourth-order valence-electron chi connectivity index (χ4n) is 5.18. The second kappa shape index (κ2) is 12.6. The van der Waals surface area contributed by atoms with Crippen molar-refractivity contribution in [2.45, 2.75) is 44.4 Å². The SMILES string of the molecule is O=C(C=CC=C(c1ccc(C(F)(F)F)cc1)c1ccc(N2CCCCCC2)nc1)Nc1cccc2c1CC(O)C(=O)N2. The van der Waals surface area contributed by atoms with Crippen LogP contribution in [0.25, 0.3) is 5.57 Å². The standard InChI is InChI=1S/C32H31F3N4O3/c33-32(34,35)23-14-11-21(12-15-23)24(22-13-16-29(36-20-22)39-17-3-1-2-4-18-39)7-5-10-30(41)37-26-8-6-9-27-25(26)19-28(40)31(42)38-27/h5-16,20,28,40H,1-4,17-19H2,(H,37,41)(H,38,42). The number of rotatable bonds is 6. The predicted molar refractivity (Wildman–Crippen MR) is 156 cm³/mol. The van der Waals surface area contributed by atoms with Gasteiger partial charge in [0.2, 0.25) is 5.91 Å². The summed E-state index contributed by atoms with van der Waals surface area (Å²) in [5, 5.41) is 15.3. The molecule has 1 saturated heterocycles. The van der Waals surface area contributed by atoms with Crippen LogP contribution in [0.4, 0.5) is 30.4 Å². The highest BCUT2D eigenvalue weighted by Crippen LogP contribution is 2.32. The van der Waals surface area contributed by atoms with Crippen molar-refractivity contribution in [1.29, 1.82) is 0 Å². The molecular formula is C32H31F3N4O3. The molecule has 10 heteroatoms. The maximum atomic E-state index is 13.2. The fraction of sp³-hybridized carbons (Fsp3) is 0.281. The van der Waals surface area contributed by atoms with Gasteiger partial charge in [-0.25, -0.2) is 4.98 Å². The number of nitrogens with zero attached hydrogens (tertiary/aromatic N) is 2. The highest BCUT2D eigenvalue weighted by Gasteiger charge is 2.30. The molecule has 1 unspecified atom stereocenters. The van der Waals surface area contributed by atoms with E-state index < -0.39 is 29.7 Å². The van der Waals surface area contributed by atoms with Gasteiger partial charge in [0.15, 0.2) is 0 Å². The molecule has 0 aliphatic carbocycles. The van der Waals surface area contributed by atoms with Gasteiger partial charge in [0.05, 0.1) is 5.56 Å². The number of hydrogen-bond donors (Lipinski definition) is 3. The Kier molecular flexibility index (Phi) is 8.72. The number of halogens is 3. The average molecular weight is 577 g/mol. The molecule has 3 heterocycles. The molecule has 42 heavy (non-hydrogen) atoms. The normalized spacial score (nSPS) is 17.9. The minimum Gasteiger partial charge on any atom is -0.383 e. The molecule has 3 aromatic rings. The van der Waals surface area contributed by atoms with Crippen molar-refractivity contribution in [1.82, 2.24) is 4.98 Å². The summed E-state index contributed by atoms with van der Waals surface area (Å²) in [5.74, 6) is -0.0944. The van der Waals surface area contributed by atoms with Crippen LogP contribution in [0.2, 0.25) is 0 Å². The maximum Gasteiger partial charge on any atom is 0.416 e. The van der Waals surface area contributed by atoms with Gasteiger partial charge < -0.3 is 20.6 Å². The Bertz CT molecular complexity index is 1490. The number of anilines is 3. The third kappa shape index (κ3) is 6.88. The lowest BCUT2D eigenvalue weighted by Gasteiger charge is -2.23. The fourth-order valence-corrected chi connectivity index (χ4v) is 5.18. The Balaban J connectivity index is 1.39. The van der Waals surface area contributed by atoms with Crippen LogP contribution in [0.1, 0.15) is 47.9 Å². The van der Waals surface area contributed by atoms with Gasteiger partial charge in [-0.1, -0.05) is 43.2 Å². The van der Waals surface area contributed by atoms with E-state index in [1.165, 1.54) is 37.1 Å². The number of amides is 2. The van der Waals surface area contributed by atoms with Gasteiger partial charge >= 0.3 is 6.18 Å². The third-order valence-electron chi connectivity index (χ3n) is 7.41. The number of alkyl halides is 3. The van der Waals surface area contributed by atoms with Crippen LogP contribution in [-0.4, -0.2) is 41.1 Å². The second-order valence-electron chi connectivity index (χ2n) is 10.4. The van der Waals surface area contributed by atoms with Gasteiger partial charge in [0, 0.05) is 54.3 Å². The molecule has 3 N–H and O–H groups in total. The number of nitrogens with one attached hydrogen (secondary N) is 2. The largest absolute Gasteiger partial charge is 0.416 e. The molecule has 5 rings (SSSR count). The molecule has 1 atom stereocenters. The van der Waals surface area contributed by atoms with E-state index in [4.69, 9.17) is 0 Å². The predicted octanol–water partition coefficient (Wildman–Crippen LogP) is 5.96. The quantitative estimate of drug-likeness (QED) is 0.249. The average Bonchev–Trinajstić information content (AvgIpc) is 3.26. The zero-order valence-corrected chi connectivity index (χ0v) is 22.8. The van der Waals surface area contributed by atoms with Gasteiger partial charge in [-0.15, -0.1) is 0 Å². The monoisotopic (exact) mass is 576 g/mol. The number of aliphatic hydroxyl groups excluding tert-OH is 1. The van der Waals surface area contributed by atoms with Gasteiger partial charge in [-0.2, -0.15) is 13.2 Å². The van der Waals surface area contributed by atoms with E-state index in [2.05, 4.69) is 20.5 Å². The summed E-state index contributed by atoms with van der Waals surface area (Å²) in [6.45, 7) is 1.86. The Morgan fingerprint density at radius 2 is 1.71 bits per heavy atom. The van der Waals surface area contributed by atoms with Gasteiger partial charge in [0.25, 0.3) is 5.91 Å². The summed E-state index contributed by atoms with van der Waals surface area (Å²) >= 11 is 0. The Labute approximate surface area is 241 Å². The molecule has 0 bridgehead atoms. The van der Waals surface area contributed by atoms with Crippen LogP contribution >= 0.6 is 0 Å². The van der Waals surface area contributed by atoms with E-state index in [0.717, 1.165) is 43.9 Å². The lowest BCUT2D eigenvalue weighted by molar-refractivity contribution is -0.137. The summed E-state index contributed by atoms with van der Waals surface area (Å²) < 4.78 is 39.6. The second-order valence-corrected chi connectivity index (χ2v) is 10.4. The van der Waals surface area contributed by atoms with Crippen LogP contribution in [0.3, 0.4) is 0 Å². The zero-order valence-electron chi connectivity index (χ0n) is 22.8. The summed E-state index contributed by atoms with van der Waals surface area (Å²) in [6.07, 6.45) is 5.20. The van der Waals surface area contributed by atoms with Crippen molar-refractivity contribution in [2.75, 3.05) is 28.6 Å². The van der Waals surface area contributed by atoms with Crippen molar-refractivity contribution < 1.29 is 27.9 Å². The number of fused-ring (bicyclic) bond motifs is 1. The molecule has 1 fully saturated rings. The van der Waals surface area contributed by atoms with Crippen LogP contribution in [0, 0.1) is 0 Å². The number of pyridine rings is 1. The lowest BCUT2D eigenvalue weighted by Crippen LogP contribution is -2.34. The maximum absolute atomic E-state index is 13.2. The third-order valence-corrected chi connectivity index (χ3v) is 7.41. The molecule has 2 aliphatic rings. The number of carbonyl (C=O) groups is 2. The highest BCUT2D eigenvalue weighted by atomic mass is 19.4. The number of aliphatic hydroxyl groups is 1. The topological polar surface area (TPSA) is 94.6 Å². The van der Waals surface area contributed by atoms with Crippen LogP contribution in [-0.2, 0) is 22.2 Å². The molecule has 1 aromatic heterocycles. The molecule has 0 radical (unpaired) electrons. The lowest BCUT2D eigenvalue weighted by atomic mass is 9.97. The van der Waals surface area contributed by atoms with Crippen LogP contribution < -0.4 is 15.5 Å². The smallest absolute Gasteiger partial charge is 0.383 e. The molecule has 0 saturated carbocycles. The van der Waals surface area contributed by atoms with E-state index in [9.17, 15) is 27.9 Å². The number of hydrogen-bond acceptors (Lipinski definition) is 5. The summed E-state index contributed by atoms with van der Waals surface area (Å²) in [4.78, 5) is 31.5. The van der Waals surface area contributed by atoms with Crippen molar-refractivity contribution in [2.24, 2.45) is 0 Å². The number of benzene rings is 2. The number of carbonyl (C=O) groups excluding carboxylic acids is 2. The molecular weight excluding hydrogens is 545 g/mol. The van der Waals surface area contributed by atoms with Gasteiger partial charge in [-0.05, 0) is 60.4 Å². The van der Waals surface area contributed by atoms with Crippen molar-refractivity contribution >= 4 is 34.6 Å². The van der Waals surface area contributed by atoms with E-state index in [-0.39, 0.29) is 6.42 Å². The molecule has 218 valence electrons. The first-order valence-electron chi connectivity index (χ1n) is 13.9. The molecule has 2 aliphatic heterocycles. The zero-order chi connectivity index (χ0) is 29.7. The van der Waals surface area contributed by atoms with Crippen LogP contribution in [0.15, 0.2) is 79.0 Å². The Morgan fingerprint density at radius 1 is 1.00 bits per heavy atom. The van der Waals surface area contributed by atoms with E-state index >= 15 is 0 Å². The first kappa shape index (κ1) is 29.1. The van der Waals surface area contributed by atoms with E-state index in [1.807, 2.05) is 12.1 Å². The first-order valence-corrected chi connectivity index (χ1v) is 13.9. The van der Waals surface area contributed by atoms with Crippen LogP contribution in [0.5, 0.6) is 0 Å². The number of aromatic nitrogens is 1. The molecule has 0 spiro atoms. The van der Waals surface area contributed by atoms with Gasteiger partial charge in [0.1, 0.15) is 11.9 Å². The van der Waals surface area contributed by atoms with E-state index in [1.54, 1.807) is 30.5 Å².